The number of nitrogens with two attached hydrogens (primary N) is 1. The molecule has 0 aliphatic heterocycles. The second-order valence-corrected chi connectivity index (χ2v) is 11.1. The summed E-state index contributed by atoms with van der Waals surface area (Å²) in [7, 11) is 0. The molecule has 0 unspecified atom stereocenters. The molecule has 0 bridgehead atoms. The van der Waals surface area contributed by atoms with E-state index in [-0.39, 0.29) is 49.2 Å². The Balaban J connectivity index is 1.45. The van der Waals surface area contributed by atoms with Gasteiger partial charge in [-0.15, -0.1) is 0 Å². The van der Waals surface area contributed by atoms with E-state index in [9.17, 15) is 19.5 Å². The first-order chi connectivity index (χ1) is 23.2. The number of hydrogen-bond donors (Lipinski definition) is 4. The number of nitrogen functional groups attached to an aromatic ring is 1. The van der Waals surface area contributed by atoms with Crippen LogP contribution in [-0.2, 0) is 22.7 Å². The topological polar surface area (TPSA) is 183 Å². The van der Waals surface area contributed by atoms with E-state index in [1.807, 2.05) is 12.1 Å². The van der Waals surface area contributed by atoms with E-state index >= 15 is 0 Å². The second-order valence-electron chi connectivity index (χ2n) is 10.7. The summed E-state index contributed by atoms with van der Waals surface area (Å²) in [6.07, 6.45) is 1.33. The van der Waals surface area contributed by atoms with E-state index in [0.717, 1.165) is 0 Å². The number of nitrogens with zero attached hydrogens (tertiary/aromatic N) is 6. The summed E-state index contributed by atoms with van der Waals surface area (Å²) in [4.78, 5) is 50.9. The second kappa shape index (κ2) is 13.6. The van der Waals surface area contributed by atoms with Crippen LogP contribution in [0.25, 0.3) is 33.2 Å². The summed E-state index contributed by atoms with van der Waals surface area (Å²) >= 11 is 6.53. The number of carbonyl (C=O) groups excluding carboxylic acids is 2. The van der Waals surface area contributed by atoms with Crippen molar-refractivity contribution < 1.29 is 14.7 Å². The molecule has 0 radical (unpaired) electrons. The standard InChI is InChI=1S/C34H28ClN9O4/c1-20(45)38-16-28(47)37-14-6-10-21-8-5-13-26-29(21)34(48)43(17-23-7-2-3-12-25(23)35)27(41-26)18-44-33-30(32(36)39-19-40-33)31(42-44)22-9-4-11-24(46)15-22/h2-5,7-9,11-13,15,19,46H,14,16-18H2,1H3,(H,37,47)(H,38,45)(H2,36,39,40). The summed E-state index contributed by atoms with van der Waals surface area (Å²) in [6, 6.07) is 19.0. The molecule has 6 aromatic rings. The van der Waals surface area contributed by atoms with Crippen LogP contribution >= 0.6 is 11.6 Å². The van der Waals surface area contributed by atoms with Crippen LogP contribution in [0.15, 0.2) is 77.9 Å². The molecular weight excluding hydrogens is 634 g/mol. The van der Waals surface area contributed by atoms with Gasteiger partial charge in [0.05, 0.1) is 35.9 Å². The molecule has 3 aromatic heterocycles. The lowest BCUT2D eigenvalue weighted by Gasteiger charge is -2.15. The minimum atomic E-state index is -0.392. The van der Waals surface area contributed by atoms with Gasteiger partial charge in [-0.3, -0.25) is 19.0 Å². The highest BCUT2D eigenvalue weighted by molar-refractivity contribution is 6.31. The van der Waals surface area contributed by atoms with Crippen molar-refractivity contribution in [2.24, 2.45) is 0 Å². The molecule has 0 fully saturated rings. The monoisotopic (exact) mass is 661 g/mol. The van der Waals surface area contributed by atoms with Gasteiger partial charge in [-0.25, -0.2) is 19.6 Å². The highest BCUT2D eigenvalue weighted by Crippen LogP contribution is 2.32. The van der Waals surface area contributed by atoms with Crippen LogP contribution in [-0.4, -0.2) is 59.3 Å². The lowest BCUT2D eigenvalue weighted by Crippen LogP contribution is -2.35. The van der Waals surface area contributed by atoms with Gasteiger partial charge in [-0.2, -0.15) is 5.10 Å². The number of fused-ring (bicyclic) bond motifs is 2. The van der Waals surface area contributed by atoms with Gasteiger partial charge < -0.3 is 21.5 Å². The normalized spacial score (nSPS) is 10.9. The Morgan fingerprint density at radius 1 is 1.00 bits per heavy atom. The number of nitrogens with one attached hydrogen (secondary N) is 2. The van der Waals surface area contributed by atoms with Gasteiger partial charge in [-0.1, -0.05) is 59.8 Å². The van der Waals surface area contributed by atoms with Crippen molar-refractivity contribution in [2.75, 3.05) is 18.8 Å². The molecule has 0 spiro atoms. The van der Waals surface area contributed by atoms with E-state index < -0.39 is 5.91 Å². The van der Waals surface area contributed by atoms with Crippen molar-refractivity contribution in [3.8, 4) is 28.8 Å². The largest absolute Gasteiger partial charge is 0.508 e. The zero-order valence-corrected chi connectivity index (χ0v) is 26.3. The predicted molar refractivity (Wildman–Crippen MR) is 181 cm³/mol. The van der Waals surface area contributed by atoms with Gasteiger partial charge in [0.1, 0.15) is 36.0 Å². The van der Waals surface area contributed by atoms with Crippen molar-refractivity contribution in [1.82, 2.24) is 39.9 Å². The number of benzene rings is 3. The number of amides is 2. The molecule has 3 heterocycles. The lowest BCUT2D eigenvalue weighted by atomic mass is 10.1. The molecule has 0 saturated heterocycles. The Bertz CT molecular complexity index is 2340. The van der Waals surface area contributed by atoms with Crippen molar-refractivity contribution in [2.45, 2.75) is 20.0 Å². The van der Waals surface area contributed by atoms with Crippen LogP contribution in [0.2, 0.25) is 5.02 Å². The van der Waals surface area contributed by atoms with E-state index in [4.69, 9.17) is 27.4 Å². The first kappa shape index (κ1) is 31.7. The maximum absolute atomic E-state index is 14.3. The van der Waals surface area contributed by atoms with Gasteiger partial charge in [-0.05, 0) is 35.9 Å². The summed E-state index contributed by atoms with van der Waals surface area (Å²) in [5.74, 6) is 5.77. The highest BCUT2D eigenvalue weighted by Gasteiger charge is 2.21. The van der Waals surface area contributed by atoms with Gasteiger partial charge in [0.15, 0.2) is 5.65 Å². The third-order valence-electron chi connectivity index (χ3n) is 7.41. The Labute approximate surface area is 278 Å². The van der Waals surface area contributed by atoms with Crippen LogP contribution in [0.4, 0.5) is 5.82 Å². The Morgan fingerprint density at radius 3 is 2.60 bits per heavy atom. The quantitative estimate of drug-likeness (QED) is 0.178. The molecule has 240 valence electrons. The molecule has 14 heteroatoms. The minimum Gasteiger partial charge on any atom is -0.508 e. The number of hydrogen-bond acceptors (Lipinski definition) is 9. The average Bonchev–Trinajstić information content (AvgIpc) is 3.44. The highest BCUT2D eigenvalue weighted by atomic mass is 35.5. The maximum atomic E-state index is 14.3. The number of phenols is 1. The first-order valence-electron chi connectivity index (χ1n) is 14.7. The van der Waals surface area contributed by atoms with Crippen LogP contribution < -0.4 is 21.9 Å². The maximum Gasteiger partial charge on any atom is 0.263 e. The third-order valence-corrected chi connectivity index (χ3v) is 7.78. The summed E-state index contributed by atoms with van der Waals surface area (Å²) in [6.45, 7) is 1.30. The molecule has 6 rings (SSSR count). The predicted octanol–water partition coefficient (Wildman–Crippen LogP) is 2.84. The molecule has 48 heavy (non-hydrogen) atoms. The molecule has 0 aliphatic carbocycles. The first-order valence-corrected chi connectivity index (χ1v) is 15.1. The van der Waals surface area contributed by atoms with Crippen LogP contribution in [0.5, 0.6) is 5.75 Å². The van der Waals surface area contributed by atoms with Crippen molar-refractivity contribution in [1.29, 1.82) is 0 Å². The molecule has 0 atom stereocenters. The van der Waals surface area contributed by atoms with Gasteiger partial charge in [0, 0.05) is 23.1 Å². The van der Waals surface area contributed by atoms with Crippen molar-refractivity contribution in [3.63, 3.8) is 0 Å². The lowest BCUT2D eigenvalue weighted by molar-refractivity contribution is -0.124. The molecule has 3 aromatic carbocycles. The molecule has 13 nitrogen and oxygen atoms in total. The number of carbonyl (C=O) groups is 2. The molecule has 0 aliphatic rings. The Kier molecular flexibility index (Phi) is 9.00. The van der Waals surface area contributed by atoms with E-state index in [1.165, 1.54) is 17.8 Å². The van der Waals surface area contributed by atoms with Gasteiger partial charge in [0.25, 0.3) is 5.56 Å². The Hall–Kier alpha value is -6.26. The average molecular weight is 662 g/mol. The van der Waals surface area contributed by atoms with E-state index in [0.29, 0.717) is 55.2 Å². The SMILES string of the molecule is CC(=O)NCC(=O)NCC#Cc1cccc2nc(Cn3nc(-c4cccc(O)c4)c4c(N)ncnc43)n(Cc3ccccc3Cl)c(=O)c12. The molecular formula is C34H28ClN9O4. The number of phenolic OH excluding ortho intramolecular Hbond substituents is 1. The number of aromatic nitrogens is 6. The number of halogens is 1. The van der Waals surface area contributed by atoms with E-state index in [2.05, 4.69) is 32.4 Å². The third kappa shape index (κ3) is 6.64. The smallest absolute Gasteiger partial charge is 0.263 e. The van der Waals surface area contributed by atoms with Gasteiger partial charge >= 0.3 is 0 Å². The minimum absolute atomic E-state index is 0.00696. The van der Waals surface area contributed by atoms with Gasteiger partial charge in [0.2, 0.25) is 11.8 Å². The fourth-order valence-corrected chi connectivity index (χ4v) is 5.37. The van der Waals surface area contributed by atoms with Crippen LogP contribution in [0, 0.1) is 11.8 Å². The van der Waals surface area contributed by atoms with Crippen LogP contribution in [0.1, 0.15) is 23.9 Å². The number of rotatable bonds is 8. The number of aromatic hydroxyl groups is 1. The summed E-state index contributed by atoms with van der Waals surface area (Å²) < 4.78 is 3.12. The molecule has 5 N–H and O–H groups in total. The zero-order chi connectivity index (χ0) is 33.8. The van der Waals surface area contributed by atoms with E-state index in [1.54, 1.807) is 59.3 Å². The fraction of sp³-hybridized carbons (Fsp3) is 0.147. The fourth-order valence-electron chi connectivity index (χ4n) is 5.17. The van der Waals surface area contributed by atoms with Crippen LogP contribution in [0.3, 0.4) is 0 Å². The molecule has 2 amide bonds. The molecule has 0 saturated carbocycles. The Morgan fingerprint density at radius 2 is 1.81 bits per heavy atom. The summed E-state index contributed by atoms with van der Waals surface area (Å²) in [5, 5.41) is 21.2. The summed E-state index contributed by atoms with van der Waals surface area (Å²) in [5.41, 5.74) is 8.96. The van der Waals surface area contributed by atoms with Crippen molar-refractivity contribution >= 4 is 51.2 Å². The van der Waals surface area contributed by atoms with Crippen molar-refractivity contribution in [3.05, 3.63) is 105 Å². The number of anilines is 1. The zero-order valence-electron chi connectivity index (χ0n) is 25.6.